The summed E-state index contributed by atoms with van der Waals surface area (Å²) >= 11 is 1.53. The van der Waals surface area contributed by atoms with E-state index in [9.17, 15) is 4.79 Å². The molecule has 5 heteroatoms. The largest absolute Gasteiger partial charge is 0.461 e. The maximum Gasteiger partial charge on any atom is 0.358 e. The van der Waals surface area contributed by atoms with Crippen LogP contribution in [-0.2, 0) is 15.1 Å². The van der Waals surface area contributed by atoms with Crippen LogP contribution in [-0.4, -0.2) is 24.2 Å². The van der Waals surface area contributed by atoms with Crippen LogP contribution in [0.15, 0.2) is 0 Å². The Kier molecular flexibility index (Phi) is 5.94. The molecule has 0 saturated carbocycles. The molecule has 0 aliphatic carbocycles. The fourth-order valence-electron chi connectivity index (χ4n) is 2.07. The summed E-state index contributed by atoms with van der Waals surface area (Å²) in [6, 6.07) is 0. The van der Waals surface area contributed by atoms with Gasteiger partial charge in [-0.25, -0.2) is 9.78 Å². The van der Waals surface area contributed by atoms with Gasteiger partial charge in [-0.05, 0) is 33.6 Å². The van der Waals surface area contributed by atoms with Crippen molar-refractivity contribution >= 4 is 17.3 Å². The SMILES string of the molecule is CCOC(=O)c1nc(C(CC)(CC)OCC)sc1C. The van der Waals surface area contributed by atoms with Gasteiger partial charge in [0.25, 0.3) is 0 Å². The predicted octanol–water partition coefficient (Wildman–Crippen LogP) is 3.68. The number of aryl methyl sites for hydroxylation is 1. The third-order valence-corrected chi connectivity index (χ3v) is 4.37. The Labute approximate surface area is 119 Å². The molecule has 0 saturated heterocycles. The number of carbonyl (C=O) groups is 1. The molecule has 0 spiro atoms. The van der Waals surface area contributed by atoms with Gasteiger partial charge in [0, 0.05) is 11.5 Å². The minimum absolute atomic E-state index is 0.347. The molecule has 1 aromatic rings. The van der Waals surface area contributed by atoms with Crippen molar-refractivity contribution in [2.24, 2.45) is 0 Å². The Hall–Kier alpha value is -0.940. The maximum absolute atomic E-state index is 11.8. The van der Waals surface area contributed by atoms with E-state index in [1.54, 1.807) is 6.92 Å². The molecule has 1 aromatic heterocycles. The second-order valence-corrected chi connectivity index (χ2v) is 5.48. The van der Waals surface area contributed by atoms with Crippen LogP contribution in [0.25, 0.3) is 0 Å². The zero-order valence-corrected chi connectivity index (χ0v) is 13.2. The smallest absolute Gasteiger partial charge is 0.358 e. The predicted molar refractivity (Wildman–Crippen MR) is 76.7 cm³/mol. The topological polar surface area (TPSA) is 48.4 Å². The molecule has 19 heavy (non-hydrogen) atoms. The molecular formula is C14H23NO3S. The lowest BCUT2D eigenvalue weighted by molar-refractivity contribution is -0.0507. The third-order valence-electron chi connectivity index (χ3n) is 3.22. The van der Waals surface area contributed by atoms with E-state index in [0.717, 1.165) is 22.7 Å². The van der Waals surface area contributed by atoms with Crippen molar-refractivity contribution < 1.29 is 14.3 Å². The van der Waals surface area contributed by atoms with Crippen molar-refractivity contribution in [3.05, 3.63) is 15.6 Å². The Balaban J connectivity index is 3.13. The molecule has 1 heterocycles. The van der Waals surface area contributed by atoms with Gasteiger partial charge in [0.2, 0.25) is 0 Å². The summed E-state index contributed by atoms with van der Waals surface area (Å²) < 4.78 is 10.9. The fourth-order valence-corrected chi connectivity index (χ4v) is 3.26. The van der Waals surface area contributed by atoms with E-state index in [1.165, 1.54) is 11.3 Å². The van der Waals surface area contributed by atoms with Gasteiger partial charge < -0.3 is 9.47 Å². The van der Waals surface area contributed by atoms with Gasteiger partial charge in [-0.15, -0.1) is 11.3 Å². The number of thiazole rings is 1. The molecule has 0 radical (unpaired) electrons. The van der Waals surface area contributed by atoms with Crippen molar-refractivity contribution in [2.75, 3.05) is 13.2 Å². The van der Waals surface area contributed by atoms with Gasteiger partial charge >= 0.3 is 5.97 Å². The number of aromatic nitrogens is 1. The van der Waals surface area contributed by atoms with Crippen molar-refractivity contribution in [3.63, 3.8) is 0 Å². The van der Waals surface area contributed by atoms with Crippen LogP contribution in [0.2, 0.25) is 0 Å². The average molecular weight is 285 g/mol. The first-order valence-electron chi connectivity index (χ1n) is 6.83. The number of rotatable bonds is 7. The van der Waals surface area contributed by atoms with Crippen LogP contribution in [0.3, 0.4) is 0 Å². The highest BCUT2D eigenvalue weighted by Crippen LogP contribution is 2.36. The van der Waals surface area contributed by atoms with Crippen LogP contribution in [0.4, 0.5) is 0 Å². The van der Waals surface area contributed by atoms with Crippen LogP contribution in [0.5, 0.6) is 0 Å². The van der Waals surface area contributed by atoms with E-state index in [4.69, 9.17) is 9.47 Å². The molecule has 108 valence electrons. The van der Waals surface area contributed by atoms with E-state index < -0.39 is 0 Å². The monoisotopic (exact) mass is 285 g/mol. The van der Waals surface area contributed by atoms with Gasteiger partial charge in [-0.3, -0.25) is 0 Å². The van der Waals surface area contributed by atoms with Gasteiger partial charge in [0.05, 0.1) is 6.61 Å². The quantitative estimate of drug-likeness (QED) is 0.717. The number of hydrogen-bond acceptors (Lipinski definition) is 5. The average Bonchev–Trinajstić information content (AvgIpc) is 2.79. The molecule has 0 atom stereocenters. The zero-order chi connectivity index (χ0) is 14.5. The minimum atomic E-state index is -0.380. The maximum atomic E-state index is 11.8. The Morgan fingerprint density at radius 3 is 2.32 bits per heavy atom. The molecule has 4 nitrogen and oxygen atoms in total. The molecule has 0 aliphatic heterocycles. The van der Waals surface area contributed by atoms with Crippen molar-refractivity contribution in [3.8, 4) is 0 Å². The number of nitrogens with zero attached hydrogens (tertiary/aromatic N) is 1. The third kappa shape index (κ3) is 3.34. The summed E-state index contributed by atoms with van der Waals surface area (Å²) in [4.78, 5) is 17.2. The van der Waals surface area contributed by atoms with Gasteiger partial charge in [-0.2, -0.15) is 0 Å². The fraction of sp³-hybridized carbons (Fsp3) is 0.714. The Morgan fingerprint density at radius 1 is 1.21 bits per heavy atom. The molecule has 0 bridgehead atoms. The first-order chi connectivity index (χ1) is 9.04. The van der Waals surface area contributed by atoms with Gasteiger partial charge in [0.15, 0.2) is 5.69 Å². The van der Waals surface area contributed by atoms with E-state index in [-0.39, 0.29) is 11.6 Å². The highest BCUT2D eigenvalue weighted by atomic mass is 32.1. The van der Waals surface area contributed by atoms with Gasteiger partial charge in [0.1, 0.15) is 10.6 Å². The van der Waals surface area contributed by atoms with Crippen LogP contribution < -0.4 is 0 Å². The van der Waals surface area contributed by atoms with E-state index in [1.807, 2.05) is 13.8 Å². The summed E-state index contributed by atoms with van der Waals surface area (Å²) in [6.45, 7) is 10.8. The van der Waals surface area contributed by atoms with E-state index >= 15 is 0 Å². The van der Waals surface area contributed by atoms with E-state index in [2.05, 4.69) is 18.8 Å². The first kappa shape index (κ1) is 16.1. The highest BCUT2D eigenvalue weighted by molar-refractivity contribution is 7.12. The second kappa shape index (κ2) is 7.01. The lowest BCUT2D eigenvalue weighted by atomic mass is 9.98. The summed E-state index contributed by atoms with van der Waals surface area (Å²) in [7, 11) is 0. The number of hydrogen-bond donors (Lipinski definition) is 0. The standard InChI is InChI=1S/C14H23NO3S/c1-6-14(7-2,18-9-4)13-15-11(10(5)19-13)12(16)17-8-3/h6-9H2,1-5H3. The zero-order valence-electron chi connectivity index (χ0n) is 12.4. The molecule has 0 unspecified atom stereocenters. The molecule has 0 aliphatic rings. The van der Waals surface area contributed by atoms with Crippen molar-refractivity contribution in [2.45, 2.75) is 53.1 Å². The van der Waals surface area contributed by atoms with Crippen molar-refractivity contribution in [1.82, 2.24) is 4.98 Å². The van der Waals surface area contributed by atoms with Crippen molar-refractivity contribution in [1.29, 1.82) is 0 Å². The number of carbonyl (C=O) groups excluding carboxylic acids is 1. The molecule has 0 amide bonds. The first-order valence-corrected chi connectivity index (χ1v) is 7.65. The molecule has 1 rings (SSSR count). The highest BCUT2D eigenvalue weighted by Gasteiger charge is 2.34. The normalized spacial score (nSPS) is 11.6. The molecular weight excluding hydrogens is 262 g/mol. The summed E-state index contributed by atoms with van der Waals surface area (Å²) in [6.07, 6.45) is 1.68. The molecule has 0 N–H and O–H groups in total. The summed E-state index contributed by atoms with van der Waals surface area (Å²) in [5.41, 5.74) is 0.0439. The Morgan fingerprint density at radius 2 is 1.84 bits per heavy atom. The van der Waals surface area contributed by atoms with Crippen LogP contribution in [0.1, 0.15) is 60.9 Å². The molecule has 0 aromatic carbocycles. The number of esters is 1. The van der Waals surface area contributed by atoms with Gasteiger partial charge in [-0.1, -0.05) is 13.8 Å². The Bertz CT molecular complexity index is 424. The minimum Gasteiger partial charge on any atom is -0.461 e. The second-order valence-electron chi connectivity index (χ2n) is 4.28. The molecule has 0 fully saturated rings. The van der Waals surface area contributed by atoms with Crippen LogP contribution in [0, 0.1) is 6.92 Å². The summed E-state index contributed by atoms with van der Waals surface area (Å²) in [5.74, 6) is -0.347. The lowest BCUT2D eigenvalue weighted by Crippen LogP contribution is -2.28. The van der Waals surface area contributed by atoms with E-state index in [0.29, 0.717) is 18.9 Å². The summed E-state index contributed by atoms with van der Waals surface area (Å²) in [5, 5.41) is 0.875. The number of ether oxygens (including phenoxy) is 2. The van der Waals surface area contributed by atoms with Crippen LogP contribution >= 0.6 is 11.3 Å². The lowest BCUT2D eigenvalue weighted by Gasteiger charge is -2.29.